The summed E-state index contributed by atoms with van der Waals surface area (Å²) in [6.45, 7) is 1.47. The van der Waals surface area contributed by atoms with Gasteiger partial charge in [0.2, 0.25) is 0 Å². The van der Waals surface area contributed by atoms with E-state index in [9.17, 15) is 19.8 Å². The lowest BCUT2D eigenvalue weighted by atomic mass is 9.48. The smallest absolute Gasteiger partial charge is 0.183 e. The molecule has 4 fully saturated rings. The molecule has 7 heteroatoms. The number of nitrogens with two attached hydrogens (primary N) is 1. The molecule has 6 nitrogen and oxygen atoms in total. The molecule has 1 unspecified atom stereocenters. The zero-order valence-corrected chi connectivity index (χ0v) is 15.2. The second kappa shape index (κ2) is 4.95. The third-order valence-electron chi connectivity index (χ3n) is 8.17. The van der Waals surface area contributed by atoms with Crippen LogP contribution in [0.25, 0.3) is 0 Å². The molecule has 4 N–H and O–H groups in total. The van der Waals surface area contributed by atoms with Crippen LogP contribution in [-0.4, -0.2) is 57.4 Å². The number of aliphatic hydroxyl groups excluding tert-OH is 2. The number of carbonyl (C=O) groups excluding carboxylic acids is 2. The lowest BCUT2D eigenvalue weighted by molar-refractivity contribution is -0.180. The van der Waals surface area contributed by atoms with Gasteiger partial charge in [-0.25, -0.2) is 4.39 Å². The van der Waals surface area contributed by atoms with Crippen LogP contribution in [0.2, 0.25) is 0 Å². The summed E-state index contributed by atoms with van der Waals surface area (Å²) in [5.41, 5.74) is 0.720. The van der Waals surface area contributed by atoms with Crippen molar-refractivity contribution in [1.82, 2.24) is 0 Å². The Bertz CT molecular complexity index is 825. The topological polar surface area (TPSA) is 113 Å². The summed E-state index contributed by atoms with van der Waals surface area (Å²) >= 11 is 0. The average molecular weight is 377 g/mol. The molecule has 0 bridgehead atoms. The van der Waals surface area contributed by atoms with Crippen LogP contribution in [0.3, 0.4) is 0 Å². The van der Waals surface area contributed by atoms with E-state index in [1.165, 1.54) is 12.2 Å². The fourth-order valence-corrected chi connectivity index (χ4v) is 6.88. The van der Waals surface area contributed by atoms with Gasteiger partial charge in [0.25, 0.3) is 0 Å². The molecule has 27 heavy (non-hydrogen) atoms. The Hall–Kier alpha value is -1.41. The number of fused-ring (bicyclic) bond motifs is 4. The van der Waals surface area contributed by atoms with Crippen molar-refractivity contribution in [2.75, 3.05) is 6.54 Å². The first-order valence-corrected chi connectivity index (χ1v) is 9.60. The van der Waals surface area contributed by atoms with Gasteiger partial charge in [0, 0.05) is 23.7 Å². The van der Waals surface area contributed by atoms with E-state index in [2.05, 4.69) is 0 Å². The quantitative estimate of drug-likeness (QED) is 0.599. The zero-order valence-electron chi connectivity index (χ0n) is 15.2. The van der Waals surface area contributed by atoms with Gasteiger partial charge in [-0.15, -0.1) is 0 Å². The highest BCUT2D eigenvalue weighted by Gasteiger charge is 2.88. The average Bonchev–Trinajstić information content (AvgIpc) is 3.24. The van der Waals surface area contributed by atoms with Gasteiger partial charge in [0.15, 0.2) is 22.8 Å². The Morgan fingerprint density at radius 2 is 2.11 bits per heavy atom. The normalized spacial score (nSPS) is 55.1. The number of allylic oxidation sites excluding steroid dienone is 4. The molecule has 3 saturated carbocycles. The number of Topliss-reactive ketones (excluding diaryl/α,β-unsaturated/α-hetero) is 1. The van der Waals surface area contributed by atoms with Crippen molar-refractivity contribution in [3.63, 3.8) is 0 Å². The van der Waals surface area contributed by atoms with Crippen molar-refractivity contribution < 1.29 is 28.9 Å². The predicted octanol–water partition coefficient (Wildman–Crippen LogP) is 0.357. The first-order valence-electron chi connectivity index (χ1n) is 9.60. The van der Waals surface area contributed by atoms with Gasteiger partial charge in [0.05, 0.1) is 18.8 Å². The highest BCUT2D eigenvalue weighted by atomic mass is 19.1. The van der Waals surface area contributed by atoms with Crippen molar-refractivity contribution in [2.45, 2.75) is 61.7 Å². The van der Waals surface area contributed by atoms with Gasteiger partial charge in [-0.1, -0.05) is 11.6 Å². The van der Waals surface area contributed by atoms with Crippen molar-refractivity contribution in [3.05, 3.63) is 23.8 Å². The van der Waals surface area contributed by atoms with Crippen LogP contribution in [0, 0.1) is 17.3 Å². The molecular formula is C20H24FNO5. The second-order valence-electron chi connectivity index (χ2n) is 8.95. The van der Waals surface area contributed by atoms with E-state index >= 15 is 4.39 Å². The number of hydrogen-bond donors (Lipinski definition) is 3. The van der Waals surface area contributed by atoms with Crippen LogP contribution in [0.4, 0.5) is 4.39 Å². The molecule has 0 aromatic rings. The first-order chi connectivity index (χ1) is 12.7. The summed E-state index contributed by atoms with van der Waals surface area (Å²) < 4.78 is 22.6. The number of ketones is 2. The van der Waals surface area contributed by atoms with Crippen molar-refractivity contribution in [2.24, 2.45) is 23.0 Å². The molecule has 146 valence electrons. The van der Waals surface area contributed by atoms with E-state index in [0.29, 0.717) is 18.4 Å². The van der Waals surface area contributed by atoms with Gasteiger partial charge >= 0.3 is 0 Å². The van der Waals surface area contributed by atoms with Gasteiger partial charge in [-0.3, -0.25) is 9.59 Å². The maximum atomic E-state index is 16.7. The maximum absolute atomic E-state index is 16.7. The van der Waals surface area contributed by atoms with E-state index in [0.717, 1.165) is 0 Å². The monoisotopic (exact) mass is 377 g/mol. The van der Waals surface area contributed by atoms with E-state index in [1.54, 1.807) is 13.0 Å². The molecule has 8 atom stereocenters. The molecule has 1 saturated heterocycles. The molecule has 1 heterocycles. The summed E-state index contributed by atoms with van der Waals surface area (Å²) in [7, 11) is 0. The fourth-order valence-electron chi connectivity index (χ4n) is 6.88. The number of hydrogen-bond acceptors (Lipinski definition) is 6. The van der Waals surface area contributed by atoms with Crippen LogP contribution in [0.5, 0.6) is 0 Å². The SMILES string of the molecule is C[C@]12C=CC(=O)C=C1CC[C@H]1C3C[C@@H](O)[C@@]4(C(=O)CN)O[C@]34C[C@H](O)[C@@]12F. The standard InChI is InChI=1S/C20H24FNO5/c1-17-5-4-11(23)6-10(17)2-3-12-13-7-14(24)20(16(26)9-22)18(13,27-20)8-15(25)19(12,17)21/h4-6,12-15,24-25H,2-3,7-9,22H2,1H3/t12-,13?,14+,15-,17-,18+,19-,20-/m0/s1. The lowest BCUT2D eigenvalue weighted by Gasteiger charge is -2.59. The van der Waals surface area contributed by atoms with Crippen LogP contribution >= 0.6 is 0 Å². The third-order valence-corrected chi connectivity index (χ3v) is 8.17. The first kappa shape index (κ1) is 17.7. The van der Waals surface area contributed by atoms with Crippen LogP contribution in [0.1, 0.15) is 32.6 Å². The molecule has 0 aromatic heterocycles. The van der Waals surface area contributed by atoms with Gasteiger partial charge in [-0.2, -0.15) is 0 Å². The molecule has 0 radical (unpaired) electrons. The van der Waals surface area contributed by atoms with Crippen molar-refractivity contribution in [1.29, 1.82) is 0 Å². The number of rotatable bonds is 2. The Morgan fingerprint density at radius 1 is 1.37 bits per heavy atom. The summed E-state index contributed by atoms with van der Waals surface area (Å²) in [4.78, 5) is 24.3. The highest BCUT2D eigenvalue weighted by molar-refractivity contribution is 6.01. The fraction of sp³-hybridized carbons (Fsp3) is 0.700. The summed E-state index contributed by atoms with van der Waals surface area (Å²) in [6.07, 6.45) is 3.18. The molecule has 1 spiro atoms. The number of halogens is 1. The minimum absolute atomic E-state index is 0.0574. The van der Waals surface area contributed by atoms with E-state index < -0.39 is 40.4 Å². The highest BCUT2D eigenvalue weighted by Crippen LogP contribution is 2.74. The summed E-state index contributed by atoms with van der Waals surface area (Å²) in [6, 6.07) is 0. The van der Waals surface area contributed by atoms with E-state index in [-0.39, 0.29) is 36.9 Å². The number of carbonyl (C=O) groups is 2. The largest absolute Gasteiger partial charge is 0.390 e. The van der Waals surface area contributed by atoms with E-state index in [4.69, 9.17) is 10.5 Å². The van der Waals surface area contributed by atoms with Crippen LogP contribution in [0.15, 0.2) is 23.8 Å². The minimum atomic E-state index is -1.99. The number of ether oxygens (including phenoxy) is 1. The molecular weight excluding hydrogens is 353 g/mol. The number of aliphatic hydroxyl groups is 2. The molecule has 0 aromatic carbocycles. The second-order valence-corrected chi connectivity index (χ2v) is 8.95. The molecule has 5 aliphatic rings. The lowest BCUT2D eigenvalue weighted by Crippen LogP contribution is -2.66. The van der Waals surface area contributed by atoms with Crippen LogP contribution in [-0.2, 0) is 14.3 Å². The Kier molecular flexibility index (Phi) is 3.24. The summed E-state index contributed by atoms with van der Waals surface area (Å²) in [5.74, 6) is -1.51. The number of epoxide rings is 1. The van der Waals surface area contributed by atoms with E-state index in [1.807, 2.05) is 0 Å². The number of alkyl halides is 1. The van der Waals surface area contributed by atoms with Crippen molar-refractivity contribution >= 4 is 11.6 Å². The molecule has 1 aliphatic heterocycles. The van der Waals surface area contributed by atoms with Gasteiger partial charge in [-0.05, 0) is 38.3 Å². The summed E-state index contributed by atoms with van der Waals surface area (Å²) in [5, 5.41) is 21.6. The molecule has 5 rings (SSSR count). The Labute approximate surface area is 156 Å². The van der Waals surface area contributed by atoms with Crippen molar-refractivity contribution in [3.8, 4) is 0 Å². The Balaban J connectivity index is 1.61. The van der Waals surface area contributed by atoms with Gasteiger partial charge in [0.1, 0.15) is 5.60 Å². The van der Waals surface area contributed by atoms with Crippen LogP contribution < -0.4 is 5.73 Å². The third kappa shape index (κ3) is 1.67. The predicted molar refractivity (Wildman–Crippen MR) is 92.2 cm³/mol. The van der Waals surface area contributed by atoms with Gasteiger partial charge < -0.3 is 20.7 Å². The zero-order chi connectivity index (χ0) is 19.4. The molecule has 4 aliphatic carbocycles. The maximum Gasteiger partial charge on any atom is 0.183 e. The minimum Gasteiger partial charge on any atom is -0.390 e. The molecule has 0 amide bonds. The Morgan fingerprint density at radius 3 is 2.81 bits per heavy atom.